The Morgan fingerprint density at radius 1 is 1.21 bits per heavy atom. The molecular weight excluding hydrogens is 256 g/mol. The number of anilines is 1. The highest BCUT2D eigenvalue weighted by Gasteiger charge is 2.09. The highest BCUT2D eigenvalue weighted by Crippen LogP contribution is 2.17. The summed E-state index contributed by atoms with van der Waals surface area (Å²) in [6.45, 7) is 0.341. The van der Waals surface area contributed by atoms with Crippen molar-refractivity contribution in [3.05, 3.63) is 29.8 Å². The molecule has 0 spiro atoms. The Morgan fingerprint density at radius 3 is 2.53 bits per heavy atom. The Labute approximate surface area is 109 Å². The van der Waals surface area contributed by atoms with Crippen LogP contribution in [0.4, 0.5) is 14.5 Å². The predicted octanol–water partition coefficient (Wildman–Crippen LogP) is 2.57. The number of carbonyl (C=O) groups excluding carboxylic acids is 1. The molecule has 1 N–H and O–H groups in total. The summed E-state index contributed by atoms with van der Waals surface area (Å²) in [6.07, 6.45) is 2.42. The smallest absolute Gasteiger partial charge is 0.303 e. The second-order valence-electron chi connectivity index (χ2n) is 4.10. The molecule has 0 saturated carbocycles. The number of benzene rings is 1. The number of hydrogen-bond donors (Lipinski definition) is 1. The lowest BCUT2D eigenvalue weighted by atomic mass is 10.2. The monoisotopic (exact) mass is 271 g/mol. The number of carbonyl (C=O) groups is 2. The third kappa shape index (κ3) is 5.03. The molecule has 1 aromatic rings. The molecule has 0 unspecified atom stereocenters. The van der Waals surface area contributed by atoms with Crippen LogP contribution in [0, 0.1) is 11.6 Å². The van der Waals surface area contributed by atoms with Crippen molar-refractivity contribution in [3.8, 4) is 0 Å². The molecule has 0 aliphatic carbocycles. The summed E-state index contributed by atoms with van der Waals surface area (Å²) in [5.41, 5.74) is 0.284. The summed E-state index contributed by atoms with van der Waals surface area (Å²) in [5.74, 6) is -2.82. The van der Waals surface area contributed by atoms with Crippen LogP contribution in [0.1, 0.15) is 25.7 Å². The van der Waals surface area contributed by atoms with E-state index in [1.807, 2.05) is 0 Å². The number of carboxylic acids is 1. The van der Waals surface area contributed by atoms with Gasteiger partial charge in [0.25, 0.3) is 0 Å². The van der Waals surface area contributed by atoms with Crippen molar-refractivity contribution in [2.24, 2.45) is 0 Å². The Balaban J connectivity index is 2.47. The van der Waals surface area contributed by atoms with E-state index in [1.54, 1.807) is 0 Å². The Bertz CT molecular complexity index is 452. The third-order valence-corrected chi connectivity index (χ3v) is 2.65. The molecule has 0 atom stereocenters. The fourth-order valence-electron chi connectivity index (χ4n) is 1.64. The van der Waals surface area contributed by atoms with E-state index in [4.69, 9.17) is 5.11 Å². The zero-order chi connectivity index (χ0) is 14.3. The lowest BCUT2D eigenvalue weighted by Crippen LogP contribution is -2.22. The van der Waals surface area contributed by atoms with Gasteiger partial charge in [0.1, 0.15) is 0 Å². The number of rotatable bonds is 8. The molecule has 0 radical (unpaired) electrons. The summed E-state index contributed by atoms with van der Waals surface area (Å²) in [4.78, 5) is 22.5. The van der Waals surface area contributed by atoms with Crippen LogP contribution >= 0.6 is 0 Å². The quantitative estimate of drug-likeness (QED) is 0.584. The summed E-state index contributed by atoms with van der Waals surface area (Å²) in [5, 5.41) is 8.46. The third-order valence-electron chi connectivity index (χ3n) is 2.65. The van der Waals surface area contributed by atoms with Crippen molar-refractivity contribution in [1.29, 1.82) is 0 Å². The molecule has 0 bridgehead atoms. The Kier molecular flexibility index (Phi) is 5.92. The van der Waals surface area contributed by atoms with Crippen LogP contribution in [0.2, 0.25) is 0 Å². The lowest BCUT2D eigenvalue weighted by molar-refractivity contribution is -0.137. The number of amides is 1. The van der Waals surface area contributed by atoms with Gasteiger partial charge >= 0.3 is 5.97 Å². The molecule has 104 valence electrons. The topological polar surface area (TPSA) is 57.6 Å². The van der Waals surface area contributed by atoms with E-state index in [0.717, 1.165) is 12.1 Å². The molecule has 0 aliphatic heterocycles. The average molecular weight is 271 g/mol. The molecule has 1 aromatic carbocycles. The SMILES string of the molecule is O=CN(CCCCCC(=O)O)c1ccc(F)c(F)c1. The van der Waals surface area contributed by atoms with Gasteiger partial charge < -0.3 is 10.0 Å². The first-order valence-electron chi connectivity index (χ1n) is 5.93. The second-order valence-corrected chi connectivity index (χ2v) is 4.10. The maximum Gasteiger partial charge on any atom is 0.303 e. The summed E-state index contributed by atoms with van der Waals surface area (Å²) < 4.78 is 25.8. The molecule has 0 heterocycles. The number of hydrogen-bond acceptors (Lipinski definition) is 2. The molecule has 4 nitrogen and oxygen atoms in total. The minimum Gasteiger partial charge on any atom is -0.481 e. The molecule has 1 amide bonds. The van der Waals surface area contributed by atoms with E-state index in [0.29, 0.717) is 32.2 Å². The van der Waals surface area contributed by atoms with E-state index in [2.05, 4.69) is 0 Å². The largest absolute Gasteiger partial charge is 0.481 e. The van der Waals surface area contributed by atoms with E-state index in [9.17, 15) is 18.4 Å². The minimum absolute atomic E-state index is 0.0895. The van der Waals surface area contributed by atoms with Gasteiger partial charge in [0.2, 0.25) is 6.41 Å². The Hall–Kier alpha value is -1.98. The normalized spacial score (nSPS) is 10.2. The first-order valence-corrected chi connectivity index (χ1v) is 5.93. The minimum atomic E-state index is -1.00. The van der Waals surface area contributed by atoms with Crippen molar-refractivity contribution >= 4 is 18.1 Å². The lowest BCUT2D eigenvalue weighted by Gasteiger charge is -2.17. The van der Waals surface area contributed by atoms with Crippen molar-refractivity contribution in [1.82, 2.24) is 0 Å². The van der Waals surface area contributed by atoms with E-state index >= 15 is 0 Å². The zero-order valence-electron chi connectivity index (χ0n) is 10.3. The molecule has 0 saturated heterocycles. The standard InChI is InChI=1S/C13H15F2NO3/c14-11-6-5-10(8-12(11)15)16(9-17)7-3-1-2-4-13(18)19/h5-6,8-9H,1-4,7H2,(H,18,19). The molecule has 1 rings (SSSR count). The summed E-state index contributed by atoms with van der Waals surface area (Å²) in [7, 11) is 0. The number of nitrogens with zero attached hydrogens (tertiary/aromatic N) is 1. The maximum absolute atomic E-state index is 13.0. The van der Waals surface area contributed by atoms with Gasteiger partial charge in [0.05, 0.1) is 0 Å². The van der Waals surface area contributed by atoms with Gasteiger partial charge in [-0.1, -0.05) is 6.42 Å². The van der Waals surface area contributed by atoms with Gasteiger partial charge in [-0.3, -0.25) is 9.59 Å². The van der Waals surface area contributed by atoms with E-state index < -0.39 is 17.6 Å². The van der Waals surface area contributed by atoms with Crippen LogP contribution < -0.4 is 4.90 Å². The van der Waals surface area contributed by atoms with Crippen LogP contribution in [0.5, 0.6) is 0 Å². The first kappa shape index (κ1) is 15.1. The van der Waals surface area contributed by atoms with Gasteiger partial charge in [-0.2, -0.15) is 0 Å². The first-order chi connectivity index (χ1) is 9.04. The fourth-order valence-corrected chi connectivity index (χ4v) is 1.64. The second kappa shape index (κ2) is 7.45. The average Bonchev–Trinajstić information content (AvgIpc) is 2.37. The van der Waals surface area contributed by atoms with Crippen molar-refractivity contribution < 1.29 is 23.5 Å². The van der Waals surface area contributed by atoms with Gasteiger partial charge in [0.15, 0.2) is 11.6 Å². The highest BCUT2D eigenvalue weighted by molar-refractivity contribution is 5.74. The molecule has 0 fully saturated rings. The van der Waals surface area contributed by atoms with Crippen LogP contribution in [-0.4, -0.2) is 24.0 Å². The van der Waals surface area contributed by atoms with Gasteiger partial charge in [0, 0.05) is 24.7 Å². The molecular formula is C13H15F2NO3. The highest BCUT2D eigenvalue weighted by atomic mass is 19.2. The van der Waals surface area contributed by atoms with E-state index in [-0.39, 0.29) is 12.1 Å². The van der Waals surface area contributed by atoms with Crippen LogP contribution in [0.3, 0.4) is 0 Å². The van der Waals surface area contributed by atoms with Crippen LogP contribution in [-0.2, 0) is 9.59 Å². The van der Waals surface area contributed by atoms with Crippen LogP contribution in [0.15, 0.2) is 18.2 Å². The Morgan fingerprint density at radius 2 is 1.95 bits per heavy atom. The number of aliphatic carboxylic acids is 1. The number of halogens is 2. The molecule has 6 heteroatoms. The van der Waals surface area contributed by atoms with Gasteiger partial charge in [-0.05, 0) is 25.0 Å². The maximum atomic E-state index is 13.0. The van der Waals surface area contributed by atoms with Gasteiger partial charge in [-0.15, -0.1) is 0 Å². The van der Waals surface area contributed by atoms with Crippen LogP contribution in [0.25, 0.3) is 0 Å². The van der Waals surface area contributed by atoms with Gasteiger partial charge in [-0.25, -0.2) is 8.78 Å². The molecule has 0 aliphatic rings. The molecule has 0 aromatic heterocycles. The number of carboxylic acid groups (broad SMARTS) is 1. The zero-order valence-corrected chi connectivity index (χ0v) is 10.3. The van der Waals surface area contributed by atoms with Crippen molar-refractivity contribution in [2.75, 3.05) is 11.4 Å². The van der Waals surface area contributed by atoms with E-state index in [1.165, 1.54) is 11.0 Å². The number of unbranched alkanes of at least 4 members (excludes halogenated alkanes) is 2. The van der Waals surface area contributed by atoms with Crippen molar-refractivity contribution in [2.45, 2.75) is 25.7 Å². The predicted molar refractivity (Wildman–Crippen MR) is 65.9 cm³/mol. The fraction of sp³-hybridized carbons (Fsp3) is 0.385. The summed E-state index contributed by atoms with van der Waals surface area (Å²) in [6, 6.07) is 3.25. The molecule has 19 heavy (non-hydrogen) atoms. The summed E-state index contributed by atoms with van der Waals surface area (Å²) >= 11 is 0. The van der Waals surface area contributed by atoms with Crippen molar-refractivity contribution in [3.63, 3.8) is 0 Å².